The van der Waals surface area contributed by atoms with Crippen LogP contribution in [-0.4, -0.2) is 32.1 Å². The van der Waals surface area contributed by atoms with E-state index in [4.69, 9.17) is 0 Å². The maximum absolute atomic E-state index is 2.43. The van der Waals surface area contributed by atoms with Crippen LogP contribution in [0.3, 0.4) is 0 Å². The number of likely N-dealkylation sites (N-methyl/N-ethyl adjacent to an activating group) is 2. The van der Waals surface area contributed by atoms with Gasteiger partial charge in [-0.1, -0.05) is 0 Å². The van der Waals surface area contributed by atoms with E-state index in [0.29, 0.717) is 6.04 Å². The summed E-state index contributed by atoms with van der Waals surface area (Å²) in [5.74, 6) is 0. The highest BCUT2D eigenvalue weighted by atomic mass is 32.1. The Kier molecular flexibility index (Phi) is 2.54. The molecular formula is C11H18N2S. The fourth-order valence-corrected chi connectivity index (χ4v) is 3.04. The van der Waals surface area contributed by atoms with Crippen molar-refractivity contribution in [1.82, 2.24) is 4.90 Å². The van der Waals surface area contributed by atoms with Gasteiger partial charge in [-0.3, -0.25) is 4.90 Å². The number of hydrogen-bond donors (Lipinski definition) is 0. The molecule has 1 aromatic heterocycles. The SMILES string of the molecule is Cc1cc2c(s1)N(C)CCN(C)C2C. The summed E-state index contributed by atoms with van der Waals surface area (Å²) in [6, 6.07) is 2.89. The van der Waals surface area contributed by atoms with E-state index in [1.165, 1.54) is 15.4 Å². The third kappa shape index (κ3) is 1.55. The molecule has 0 bridgehead atoms. The van der Waals surface area contributed by atoms with Crippen molar-refractivity contribution in [1.29, 1.82) is 0 Å². The summed E-state index contributed by atoms with van der Waals surface area (Å²) in [5.41, 5.74) is 1.50. The molecule has 1 atom stereocenters. The summed E-state index contributed by atoms with van der Waals surface area (Å²) in [4.78, 5) is 6.23. The normalized spacial score (nSPS) is 23.4. The van der Waals surface area contributed by atoms with Crippen molar-refractivity contribution in [2.45, 2.75) is 19.9 Å². The van der Waals surface area contributed by atoms with Crippen molar-refractivity contribution in [2.24, 2.45) is 0 Å². The van der Waals surface area contributed by atoms with Crippen LogP contribution in [0.2, 0.25) is 0 Å². The van der Waals surface area contributed by atoms with Gasteiger partial charge >= 0.3 is 0 Å². The molecule has 0 spiro atoms. The van der Waals surface area contributed by atoms with Crippen LogP contribution < -0.4 is 4.90 Å². The summed E-state index contributed by atoms with van der Waals surface area (Å²) in [5, 5.41) is 1.46. The highest BCUT2D eigenvalue weighted by Gasteiger charge is 2.23. The molecular weight excluding hydrogens is 192 g/mol. The summed E-state index contributed by atoms with van der Waals surface area (Å²) in [6.07, 6.45) is 0. The van der Waals surface area contributed by atoms with Gasteiger partial charge < -0.3 is 4.90 Å². The molecule has 0 aliphatic carbocycles. The van der Waals surface area contributed by atoms with E-state index in [1.807, 2.05) is 11.3 Å². The molecule has 0 aromatic carbocycles. The van der Waals surface area contributed by atoms with E-state index < -0.39 is 0 Å². The molecule has 0 N–H and O–H groups in total. The minimum Gasteiger partial charge on any atom is -0.365 e. The lowest BCUT2D eigenvalue weighted by Gasteiger charge is -2.21. The van der Waals surface area contributed by atoms with Gasteiger partial charge in [-0.25, -0.2) is 0 Å². The maximum Gasteiger partial charge on any atom is 0.0957 e. The zero-order valence-corrected chi connectivity index (χ0v) is 10.2. The largest absolute Gasteiger partial charge is 0.365 e. The molecule has 3 heteroatoms. The van der Waals surface area contributed by atoms with Gasteiger partial charge in [-0.2, -0.15) is 0 Å². The zero-order chi connectivity index (χ0) is 10.3. The van der Waals surface area contributed by atoms with Gasteiger partial charge in [0.05, 0.1) is 5.00 Å². The molecule has 1 aliphatic rings. The second-order valence-corrected chi connectivity index (χ2v) is 5.43. The lowest BCUT2D eigenvalue weighted by Crippen LogP contribution is -2.27. The minimum absolute atomic E-state index is 0.555. The van der Waals surface area contributed by atoms with Crippen molar-refractivity contribution in [2.75, 3.05) is 32.1 Å². The molecule has 0 saturated heterocycles. The van der Waals surface area contributed by atoms with Gasteiger partial charge in [-0.15, -0.1) is 11.3 Å². The topological polar surface area (TPSA) is 6.48 Å². The average Bonchev–Trinajstić information content (AvgIpc) is 2.50. The first-order valence-electron chi connectivity index (χ1n) is 5.11. The predicted octanol–water partition coefficient (Wildman–Crippen LogP) is 2.50. The van der Waals surface area contributed by atoms with Crippen molar-refractivity contribution in [3.63, 3.8) is 0 Å². The van der Waals surface area contributed by atoms with Gasteiger partial charge in [0, 0.05) is 36.6 Å². The predicted molar refractivity (Wildman–Crippen MR) is 63.4 cm³/mol. The molecule has 2 nitrogen and oxygen atoms in total. The monoisotopic (exact) mass is 210 g/mol. The average molecular weight is 210 g/mol. The maximum atomic E-state index is 2.43. The Morgan fingerprint density at radius 2 is 2.07 bits per heavy atom. The Hall–Kier alpha value is -0.540. The second kappa shape index (κ2) is 3.55. The molecule has 0 saturated carbocycles. The molecule has 1 aliphatic heterocycles. The smallest absolute Gasteiger partial charge is 0.0957 e. The van der Waals surface area contributed by atoms with Crippen molar-refractivity contribution >= 4 is 16.3 Å². The van der Waals surface area contributed by atoms with E-state index in [2.05, 4.69) is 43.8 Å². The van der Waals surface area contributed by atoms with E-state index in [-0.39, 0.29) is 0 Å². The first-order chi connectivity index (χ1) is 6.59. The molecule has 14 heavy (non-hydrogen) atoms. The molecule has 1 aromatic rings. The minimum atomic E-state index is 0.555. The lowest BCUT2D eigenvalue weighted by molar-refractivity contribution is 0.275. The molecule has 2 rings (SSSR count). The number of nitrogens with zero attached hydrogens (tertiary/aromatic N) is 2. The highest BCUT2D eigenvalue weighted by molar-refractivity contribution is 7.16. The fraction of sp³-hybridized carbons (Fsp3) is 0.636. The first-order valence-corrected chi connectivity index (χ1v) is 5.93. The summed E-state index contributed by atoms with van der Waals surface area (Å²) >= 11 is 1.92. The van der Waals surface area contributed by atoms with Crippen molar-refractivity contribution in [3.05, 3.63) is 16.5 Å². The van der Waals surface area contributed by atoms with Crippen LogP contribution in [0.15, 0.2) is 6.07 Å². The number of thiophene rings is 1. The fourth-order valence-electron chi connectivity index (χ4n) is 1.96. The van der Waals surface area contributed by atoms with Gasteiger partial charge in [0.1, 0.15) is 0 Å². The lowest BCUT2D eigenvalue weighted by atomic mass is 10.1. The Balaban J connectivity index is 2.45. The van der Waals surface area contributed by atoms with Crippen LogP contribution in [0.5, 0.6) is 0 Å². The van der Waals surface area contributed by atoms with E-state index >= 15 is 0 Å². The molecule has 1 unspecified atom stereocenters. The Labute approximate surface area is 90.1 Å². The number of anilines is 1. The van der Waals surface area contributed by atoms with E-state index in [1.54, 1.807) is 0 Å². The molecule has 0 fully saturated rings. The van der Waals surface area contributed by atoms with Crippen molar-refractivity contribution in [3.8, 4) is 0 Å². The molecule has 78 valence electrons. The number of hydrogen-bond acceptors (Lipinski definition) is 3. The summed E-state index contributed by atoms with van der Waals surface area (Å²) in [6.45, 7) is 6.77. The highest BCUT2D eigenvalue weighted by Crippen LogP contribution is 2.38. The third-order valence-corrected chi connectivity index (χ3v) is 4.29. The van der Waals surface area contributed by atoms with Gasteiger partial charge in [0.2, 0.25) is 0 Å². The quantitative estimate of drug-likeness (QED) is 0.649. The number of fused-ring (bicyclic) bond motifs is 1. The Bertz CT molecular complexity index is 332. The third-order valence-electron chi connectivity index (χ3n) is 3.11. The zero-order valence-electron chi connectivity index (χ0n) is 9.37. The molecule has 2 heterocycles. The van der Waals surface area contributed by atoms with Crippen LogP contribution in [-0.2, 0) is 0 Å². The van der Waals surface area contributed by atoms with Crippen molar-refractivity contribution < 1.29 is 0 Å². The Morgan fingerprint density at radius 1 is 1.36 bits per heavy atom. The van der Waals surface area contributed by atoms with E-state index in [0.717, 1.165) is 13.1 Å². The summed E-state index contributed by atoms with van der Waals surface area (Å²) in [7, 11) is 4.40. The Morgan fingerprint density at radius 3 is 2.79 bits per heavy atom. The van der Waals surface area contributed by atoms with Gasteiger partial charge in [-0.05, 0) is 27.0 Å². The van der Waals surface area contributed by atoms with E-state index in [9.17, 15) is 0 Å². The number of rotatable bonds is 0. The number of aryl methyl sites for hydroxylation is 1. The standard InChI is InChI=1S/C11H18N2S/c1-8-7-10-9(2)12(3)5-6-13(4)11(10)14-8/h7,9H,5-6H2,1-4H3. The van der Waals surface area contributed by atoms with Crippen LogP contribution in [0.25, 0.3) is 0 Å². The van der Waals surface area contributed by atoms with Gasteiger partial charge in [0.25, 0.3) is 0 Å². The van der Waals surface area contributed by atoms with Crippen LogP contribution in [0, 0.1) is 6.92 Å². The van der Waals surface area contributed by atoms with Crippen LogP contribution >= 0.6 is 11.3 Å². The summed E-state index contributed by atoms with van der Waals surface area (Å²) < 4.78 is 0. The van der Waals surface area contributed by atoms with Gasteiger partial charge in [0.15, 0.2) is 0 Å². The second-order valence-electron chi connectivity index (χ2n) is 4.20. The first kappa shape index (κ1) is 9.99. The molecule has 0 amide bonds. The molecule has 0 radical (unpaired) electrons. The van der Waals surface area contributed by atoms with Crippen LogP contribution in [0.4, 0.5) is 5.00 Å². The van der Waals surface area contributed by atoms with Crippen LogP contribution in [0.1, 0.15) is 23.4 Å².